The van der Waals surface area contributed by atoms with Crippen LogP contribution in [-0.4, -0.2) is 94.6 Å². The lowest BCUT2D eigenvalue weighted by molar-refractivity contribution is 0.263. The Labute approximate surface area is 589 Å². The molecule has 98 heavy (non-hydrogen) atoms. The molecule has 0 radical (unpaired) electrons. The topological polar surface area (TPSA) is 110 Å². The Morgan fingerprint density at radius 1 is 0.357 bits per heavy atom. The van der Waals surface area contributed by atoms with Gasteiger partial charge >= 0.3 is 0 Å². The lowest BCUT2D eigenvalue weighted by Gasteiger charge is -2.33. The van der Waals surface area contributed by atoms with Crippen molar-refractivity contribution in [3.05, 3.63) is 247 Å². The third-order valence-electron chi connectivity index (χ3n) is 19.2. The predicted octanol–water partition coefficient (Wildman–Crippen LogP) is 19.1. The summed E-state index contributed by atoms with van der Waals surface area (Å²) >= 11 is 0. The maximum Gasteiger partial charge on any atom is 0.178 e. The molecule has 0 aliphatic carbocycles. The molecule has 0 amide bonds. The molecule has 5 unspecified atom stereocenters. The van der Waals surface area contributed by atoms with E-state index >= 15 is 0 Å². The molecule has 5 aliphatic rings. The first-order valence-electron chi connectivity index (χ1n) is 37.9. The minimum atomic E-state index is -2.26. The van der Waals surface area contributed by atoms with Crippen LogP contribution in [0.25, 0.3) is 43.9 Å². The average Bonchev–Trinajstić information content (AvgIpc) is 1.60. The summed E-state index contributed by atoms with van der Waals surface area (Å²) in [6.45, 7) is 18.1. The lowest BCUT2D eigenvalue weighted by Crippen LogP contribution is -2.39. The quantitative estimate of drug-likeness (QED) is 0.157. The fourth-order valence-electron chi connectivity index (χ4n) is 13.8. The van der Waals surface area contributed by atoms with Gasteiger partial charge in [0.25, 0.3) is 0 Å². The maximum absolute atomic E-state index is 7.80. The molecule has 16 nitrogen and oxygen atoms in total. The van der Waals surface area contributed by atoms with Crippen LogP contribution in [-0.2, 0) is 0 Å². The molecule has 12 aromatic rings. The number of anilines is 11. The molecule has 0 saturated carbocycles. The molecule has 17 rings (SSSR count). The fourth-order valence-corrected chi connectivity index (χ4v) is 13.8. The van der Waals surface area contributed by atoms with Crippen LogP contribution < -0.4 is 39.2 Å². The fraction of sp³-hybridized carbons (Fsp3) is 0.268. The maximum atomic E-state index is 7.80. The van der Waals surface area contributed by atoms with Crippen molar-refractivity contribution in [3.63, 3.8) is 0 Å². The van der Waals surface area contributed by atoms with Crippen LogP contribution in [0.3, 0.4) is 0 Å². The molecule has 5 aromatic heterocycles. The Balaban J connectivity index is 0.000000118. The second-order valence-electron chi connectivity index (χ2n) is 25.7. The van der Waals surface area contributed by atoms with Crippen LogP contribution in [0, 0.1) is 34.6 Å². The Kier molecular flexibility index (Phi) is 15.3. The van der Waals surface area contributed by atoms with Crippen molar-refractivity contribution in [2.75, 3.05) is 67.2 Å². The van der Waals surface area contributed by atoms with Gasteiger partial charge in [0, 0.05) is 135 Å². The molecule has 0 saturated heterocycles. The standard InChI is InChI=1S/C20H22N2O.C18H18N2O.2C15H17N3.C14H16N4/c1-13(2)21-11-12-22(15(21)4)19-14(3)9-10-17-16-7-5-6-8-18(16)23-20(17)19;1-12-8-9-15-14-6-4-5-7-16(14)21-18(15)17(12)20-11-10-19(3)13(20)2;1-11-7-4-5-8-13(11)18-12(2)17(3)15-14(18)9-6-10-16-15;1-11-7-4-5-8-13(11)18-12(2)17(3)14-9-6-10-16-15(14)18;1-10-6-4-5-7-12(10)18-11(2)17(3)13-14(18)16-9-8-15-13/h5-13,15H,1-4H3;4-11,13H,1-3H3;2*4-10,12H,1-3H3;4-9,11H,1-3H3/i;;3*3D3. The van der Waals surface area contributed by atoms with Crippen molar-refractivity contribution >= 4 is 107 Å². The van der Waals surface area contributed by atoms with Gasteiger partial charge < -0.3 is 57.8 Å². The van der Waals surface area contributed by atoms with Gasteiger partial charge in [-0.3, -0.25) is 0 Å². The summed E-state index contributed by atoms with van der Waals surface area (Å²) in [5.41, 5.74) is 16.3. The van der Waals surface area contributed by atoms with E-state index in [1.54, 1.807) is 24.7 Å². The molecule has 16 heteroatoms. The van der Waals surface area contributed by atoms with Crippen molar-refractivity contribution in [2.24, 2.45) is 0 Å². The van der Waals surface area contributed by atoms with Crippen LogP contribution in [0.1, 0.15) is 88.6 Å². The Morgan fingerprint density at radius 3 is 1.29 bits per heavy atom. The normalized spacial score (nSPS) is 19.9. The highest BCUT2D eigenvalue weighted by Crippen LogP contribution is 2.46. The van der Waals surface area contributed by atoms with E-state index in [2.05, 4.69) is 161 Å². The first-order valence-corrected chi connectivity index (χ1v) is 33.4. The summed E-state index contributed by atoms with van der Waals surface area (Å²) in [5, 5.41) is 4.73. The molecule has 5 aliphatic heterocycles. The minimum Gasteiger partial charge on any atom is -0.454 e. The third kappa shape index (κ3) is 11.8. The van der Waals surface area contributed by atoms with Gasteiger partial charge in [0.2, 0.25) is 0 Å². The molecule has 7 aromatic carbocycles. The number of hydrogen-bond acceptors (Lipinski definition) is 16. The SMILES string of the molecule is Cc1ccc2c(oc3ccccc32)c1N1C=CN(C(C)C)C1C.Cc1ccc2c(oc3ccccc32)c1N1C=CN(C)C1C.[2H]C([2H])([2H])N1c2cccnc2N(c2ccccc2C)C1C.[2H]C([2H])([2H])N1c2ncccc2N(c2ccccc2C)C1C.[2H]C([2H])([2H])N1c2nccnc2N(c2ccccc2C)C1C. The number of hydrogen-bond donors (Lipinski definition) is 0. The molecule has 10 heterocycles. The summed E-state index contributed by atoms with van der Waals surface area (Å²) in [7, 11) is 2.09. The molecule has 0 N–H and O–H groups in total. The number of nitrogens with zero attached hydrogens (tertiary/aromatic N) is 14. The smallest absolute Gasteiger partial charge is 0.178 e. The number of furan rings is 2. The summed E-state index contributed by atoms with van der Waals surface area (Å²) in [6.07, 6.45) is 14.6. The molecule has 0 spiro atoms. The first kappa shape index (κ1) is 55.2. The first-order chi connectivity index (χ1) is 51.0. The van der Waals surface area contributed by atoms with Crippen molar-refractivity contribution in [2.45, 2.75) is 120 Å². The monoisotopic (exact) mass is 1310 g/mol. The zero-order valence-electron chi connectivity index (χ0n) is 66.8. The van der Waals surface area contributed by atoms with Crippen molar-refractivity contribution in [1.82, 2.24) is 29.7 Å². The molecule has 0 bridgehead atoms. The Hall–Kier alpha value is -11.0. The molecule has 0 fully saturated rings. The number of pyridine rings is 2. The van der Waals surface area contributed by atoms with Gasteiger partial charge in [0.1, 0.15) is 42.0 Å². The number of fused-ring (bicyclic) bond motifs is 9. The van der Waals surface area contributed by atoms with E-state index in [1.165, 1.54) is 59.3 Å². The van der Waals surface area contributed by atoms with Gasteiger partial charge in [0.15, 0.2) is 34.4 Å². The zero-order valence-corrected chi connectivity index (χ0v) is 57.8. The highest BCUT2D eigenvalue weighted by Gasteiger charge is 2.37. The van der Waals surface area contributed by atoms with Gasteiger partial charge in [-0.2, -0.15) is 0 Å². The minimum absolute atomic E-state index is 0.285. The number of para-hydroxylation sites is 5. The van der Waals surface area contributed by atoms with E-state index < -0.39 is 20.9 Å². The van der Waals surface area contributed by atoms with Gasteiger partial charge in [-0.1, -0.05) is 115 Å². The number of aryl methyl sites for hydroxylation is 5. The van der Waals surface area contributed by atoms with Gasteiger partial charge in [-0.25, -0.2) is 19.9 Å². The summed E-state index contributed by atoms with van der Waals surface area (Å²) in [6, 6.07) is 56.7. The summed E-state index contributed by atoms with van der Waals surface area (Å²) in [4.78, 5) is 36.5. The predicted molar refractivity (Wildman–Crippen MR) is 408 cm³/mol. The number of rotatable bonds is 6. The van der Waals surface area contributed by atoms with Crippen LogP contribution in [0.4, 0.5) is 63.1 Å². The third-order valence-corrected chi connectivity index (χ3v) is 19.2. The van der Waals surface area contributed by atoms with Gasteiger partial charge in [-0.05, 0) is 165 Å². The second-order valence-corrected chi connectivity index (χ2v) is 25.7. The van der Waals surface area contributed by atoms with Crippen molar-refractivity contribution in [1.29, 1.82) is 0 Å². The van der Waals surface area contributed by atoms with E-state index in [9.17, 15) is 0 Å². The zero-order chi connectivity index (χ0) is 76.3. The largest absolute Gasteiger partial charge is 0.454 e. The molecule has 5 atom stereocenters. The second kappa shape index (κ2) is 27.3. The van der Waals surface area contributed by atoms with Gasteiger partial charge in [0.05, 0.1) is 22.7 Å². The van der Waals surface area contributed by atoms with E-state index in [-0.39, 0.29) is 24.7 Å². The van der Waals surface area contributed by atoms with E-state index in [0.717, 1.165) is 67.5 Å². The van der Waals surface area contributed by atoms with Crippen molar-refractivity contribution in [3.8, 4) is 0 Å². The summed E-state index contributed by atoms with van der Waals surface area (Å²) in [5.74, 6) is 2.17. The van der Waals surface area contributed by atoms with E-state index in [1.807, 2.05) is 172 Å². The Bertz CT molecular complexity index is 5010. The molecular weight excluding hydrogens is 1210 g/mol. The Morgan fingerprint density at radius 2 is 0.776 bits per heavy atom. The van der Waals surface area contributed by atoms with Crippen LogP contribution in [0.2, 0.25) is 0 Å². The van der Waals surface area contributed by atoms with Crippen LogP contribution in [0.15, 0.2) is 228 Å². The van der Waals surface area contributed by atoms with Crippen molar-refractivity contribution < 1.29 is 21.2 Å². The molecule has 500 valence electrons. The highest BCUT2D eigenvalue weighted by molar-refractivity contribution is 6.11. The molecular formula is C82H90N14O2. The number of benzene rings is 7. The lowest BCUT2D eigenvalue weighted by atomic mass is 10.1. The van der Waals surface area contributed by atoms with E-state index in [0.29, 0.717) is 41.2 Å². The van der Waals surface area contributed by atoms with E-state index in [4.69, 9.17) is 21.2 Å². The average molecular weight is 1310 g/mol. The number of aromatic nitrogens is 4. The highest BCUT2D eigenvalue weighted by atomic mass is 16.3. The van der Waals surface area contributed by atoms with Crippen LogP contribution in [0.5, 0.6) is 0 Å². The summed E-state index contributed by atoms with van der Waals surface area (Å²) < 4.78 is 82.4. The van der Waals surface area contributed by atoms with Crippen LogP contribution >= 0.6 is 0 Å². The van der Waals surface area contributed by atoms with Gasteiger partial charge in [-0.15, -0.1) is 0 Å².